The summed E-state index contributed by atoms with van der Waals surface area (Å²) in [5.74, 6) is -1.27. The molecule has 0 aromatic carbocycles. The number of carbonyl (C=O) groups excluding carboxylic acids is 3. The lowest BCUT2D eigenvalue weighted by Gasteiger charge is -2.34. The zero-order chi connectivity index (χ0) is 19.6. The quantitative estimate of drug-likeness (QED) is 0.285. The lowest BCUT2D eigenvalue weighted by molar-refractivity contribution is -0.155. The summed E-state index contributed by atoms with van der Waals surface area (Å²) in [6.07, 6.45) is 2.40. The fourth-order valence-electron chi connectivity index (χ4n) is 2.41. The minimum Gasteiger partial charge on any atom is -0.395 e. The van der Waals surface area contributed by atoms with Crippen LogP contribution in [0.15, 0.2) is 0 Å². The first-order valence-electron chi connectivity index (χ1n) is 8.65. The van der Waals surface area contributed by atoms with Gasteiger partial charge in [0.1, 0.15) is 6.04 Å². The number of rotatable bonds is 11. The Balaban J connectivity index is 5.24. The highest BCUT2D eigenvalue weighted by molar-refractivity contribution is 5.89. The second kappa shape index (κ2) is 11.0. The molecule has 0 aromatic heterocycles. The van der Waals surface area contributed by atoms with Gasteiger partial charge in [-0.2, -0.15) is 0 Å². The number of carbonyl (C=O) groups is 3. The summed E-state index contributed by atoms with van der Waals surface area (Å²) >= 11 is 0. The van der Waals surface area contributed by atoms with Gasteiger partial charge in [0.15, 0.2) is 0 Å². The molecule has 0 radical (unpaired) electrons. The minimum absolute atomic E-state index is 0.118. The van der Waals surface area contributed by atoms with E-state index >= 15 is 0 Å². The number of unbranched alkanes of at least 4 members (excludes halogenated alkanes) is 1. The molecule has 3 amide bonds. The molecule has 3 N–H and O–H groups in total. The monoisotopic (exact) mass is 359 g/mol. The molecule has 25 heavy (non-hydrogen) atoms. The van der Waals surface area contributed by atoms with Crippen LogP contribution in [0.5, 0.6) is 0 Å². The summed E-state index contributed by atoms with van der Waals surface area (Å²) in [6.45, 7) is 7.40. The van der Waals surface area contributed by atoms with Crippen molar-refractivity contribution in [1.82, 2.24) is 15.3 Å². The highest BCUT2D eigenvalue weighted by Gasteiger charge is 2.36. The van der Waals surface area contributed by atoms with E-state index in [0.29, 0.717) is 11.5 Å². The first-order chi connectivity index (χ1) is 11.6. The number of aliphatic hydroxyl groups is 1. The van der Waals surface area contributed by atoms with Crippen molar-refractivity contribution < 1.29 is 24.7 Å². The summed E-state index contributed by atoms with van der Waals surface area (Å²) in [5.41, 5.74) is -0.532. The summed E-state index contributed by atoms with van der Waals surface area (Å²) < 4.78 is 0. The fraction of sp³-hybridized carbons (Fsp3) is 0.824. The van der Waals surface area contributed by atoms with E-state index in [1.165, 1.54) is 4.90 Å². The number of aliphatic hydroxyl groups excluding tert-OH is 1. The van der Waals surface area contributed by atoms with Crippen molar-refractivity contribution in [1.29, 1.82) is 0 Å². The van der Waals surface area contributed by atoms with Crippen molar-refractivity contribution in [2.45, 2.75) is 53.0 Å². The molecular formula is C17H33N3O5. The van der Waals surface area contributed by atoms with Gasteiger partial charge < -0.3 is 15.3 Å². The van der Waals surface area contributed by atoms with E-state index in [0.717, 1.165) is 12.8 Å². The molecule has 0 saturated carbocycles. The number of likely N-dealkylation sites (N-methyl/N-ethyl adjacent to an activating group) is 1. The van der Waals surface area contributed by atoms with Crippen LogP contribution in [0.3, 0.4) is 0 Å². The van der Waals surface area contributed by atoms with E-state index < -0.39 is 17.4 Å². The maximum atomic E-state index is 12.7. The van der Waals surface area contributed by atoms with Crippen LogP contribution in [0.1, 0.15) is 47.0 Å². The van der Waals surface area contributed by atoms with E-state index in [4.69, 9.17) is 5.11 Å². The third-order valence-corrected chi connectivity index (χ3v) is 4.02. The molecule has 0 saturated heterocycles. The number of nitrogens with one attached hydrogen (secondary N) is 1. The van der Waals surface area contributed by atoms with Crippen LogP contribution >= 0.6 is 0 Å². The largest absolute Gasteiger partial charge is 0.395 e. The van der Waals surface area contributed by atoms with Gasteiger partial charge in [0.05, 0.1) is 19.1 Å². The van der Waals surface area contributed by atoms with Gasteiger partial charge in [-0.15, -0.1) is 0 Å². The average Bonchev–Trinajstić information content (AvgIpc) is 2.54. The number of hydrogen-bond acceptors (Lipinski definition) is 5. The molecule has 146 valence electrons. The topological polar surface area (TPSA) is 110 Å². The Labute approximate surface area is 150 Å². The number of nitrogens with zero attached hydrogens (tertiary/aromatic N) is 2. The van der Waals surface area contributed by atoms with Crippen LogP contribution in [-0.2, 0) is 14.4 Å². The summed E-state index contributed by atoms with van der Waals surface area (Å²) in [7, 11) is 1.57. The Kier molecular flexibility index (Phi) is 10.3. The molecule has 8 nitrogen and oxygen atoms in total. The Morgan fingerprint density at radius 2 is 1.88 bits per heavy atom. The number of amides is 3. The van der Waals surface area contributed by atoms with E-state index in [1.807, 2.05) is 27.7 Å². The van der Waals surface area contributed by atoms with Crippen LogP contribution in [-0.4, -0.2) is 71.3 Å². The van der Waals surface area contributed by atoms with Gasteiger partial charge >= 0.3 is 0 Å². The highest BCUT2D eigenvalue weighted by Crippen LogP contribution is 2.22. The molecule has 0 aliphatic heterocycles. The summed E-state index contributed by atoms with van der Waals surface area (Å²) in [5, 5.41) is 21.7. The van der Waals surface area contributed by atoms with Crippen molar-refractivity contribution in [3.63, 3.8) is 0 Å². The molecule has 0 aromatic rings. The van der Waals surface area contributed by atoms with Gasteiger partial charge in [-0.05, 0) is 11.8 Å². The molecule has 0 unspecified atom stereocenters. The van der Waals surface area contributed by atoms with Crippen LogP contribution in [0.2, 0.25) is 0 Å². The second-order valence-electron chi connectivity index (χ2n) is 7.36. The van der Waals surface area contributed by atoms with Gasteiger partial charge in [-0.3, -0.25) is 19.6 Å². The third-order valence-electron chi connectivity index (χ3n) is 4.02. The van der Waals surface area contributed by atoms with Crippen molar-refractivity contribution in [3.05, 3.63) is 0 Å². The van der Waals surface area contributed by atoms with Crippen molar-refractivity contribution in [2.75, 3.05) is 26.7 Å². The first-order valence-corrected chi connectivity index (χ1v) is 8.65. The van der Waals surface area contributed by atoms with Gasteiger partial charge in [-0.1, -0.05) is 40.5 Å². The van der Waals surface area contributed by atoms with E-state index in [-0.39, 0.29) is 37.9 Å². The van der Waals surface area contributed by atoms with Crippen molar-refractivity contribution >= 4 is 18.2 Å². The molecule has 0 aliphatic carbocycles. The zero-order valence-corrected chi connectivity index (χ0v) is 16.0. The van der Waals surface area contributed by atoms with Crippen LogP contribution in [0.25, 0.3) is 0 Å². The first kappa shape index (κ1) is 23.3. The van der Waals surface area contributed by atoms with Crippen LogP contribution < -0.4 is 5.32 Å². The molecule has 0 heterocycles. The molecule has 0 fully saturated rings. The predicted octanol–water partition coefficient (Wildman–Crippen LogP) is 0.622. The molecule has 2 atom stereocenters. The highest BCUT2D eigenvalue weighted by atomic mass is 16.5. The SMILES string of the molecule is CCCC[C@H](CN(O)C=O)C(=O)N[C@H](C(=O)N(C)CCO)C(C)(C)C. The van der Waals surface area contributed by atoms with E-state index in [9.17, 15) is 19.6 Å². The van der Waals surface area contributed by atoms with Gasteiger partial charge in [0.25, 0.3) is 0 Å². The molecule has 8 heteroatoms. The van der Waals surface area contributed by atoms with Gasteiger partial charge in [0.2, 0.25) is 18.2 Å². The lowest BCUT2D eigenvalue weighted by atomic mass is 9.85. The number of hydroxylamine groups is 2. The molecular weight excluding hydrogens is 326 g/mol. The molecule has 0 rings (SSSR count). The Morgan fingerprint density at radius 3 is 2.32 bits per heavy atom. The Hall–Kier alpha value is -1.67. The van der Waals surface area contributed by atoms with E-state index in [2.05, 4.69) is 5.32 Å². The number of hydrogen-bond donors (Lipinski definition) is 3. The zero-order valence-electron chi connectivity index (χ0n) is 16.0. The average molecular weight is 359 g/mol. The fourth-order valence-corrected chi connectivity index (χ4v) is 2.41. The Bertz CT molecular complexity index is 436. The smallest absolute Gasteiger partial charge is 0.245 e. The molecule has 0 spiro atoms. The predicted molar refractivity (Wildman–Crippen MR) is 93.7 cm³/mol. The van der Waals surface area contributed by atoms with Crippen molar-refractivity contribution in [3.8, 4) is 0 Å². The van der Waals surface area contributed by atoms with Crippen molar-refractivity contribution in [2.24, 2.45) is 11.3 Å². The maximum absolute atomic E-state index is 12.7. The molecule has 0 aliphatic rings. The third kappa shape index (κ3) is 8.31. The van der Waals surface area contributed by atoms with Gasteiger partial charge in [-0.25, -0.2) is 5.06 Å². The standard InChI is InChI=1S/C17H33N3O5/c1-6-7-8-13(11-20(25)12-22)15(23)18-14(17(2,3)4)16(24)19(5)9-10-21/h12-14,21,25H,6-11H2,1-5H3,(H,18,23)/t13-,14-/m1/s1. The Morgan fingerprint density at radius 1 is 1.28 bits per heavy atom. The summed E-state index contributed by atoms with van der Waals surface area (Å²) in [4.78, 5) is 37.3. The van der Waals surface area contributed by atoms with Crippen LogP contribution in [0, 0.1) is 11.3 Å². The van der Waals surface area contributed by atoms with E-state index in [1.54, 1.807) is 7.05 Å². The second-order valence-corrected chi connectivity index (χ2v) is 7.36. The normalized spacial score (nSPS) is 13.7. The summed E-state index contributed by atoms with van der Waals surface area (Å²) in [6, 6.07) is -0.774. The molecule has 0 bridgehead atoms. The maximum Gasteiger partial charge on any atom is 0.245 e. The van der Waals surface area contributed by atoms with Crippen LogP contribution in [0.4, 0.5) is 0 Å². The van der Waals surface area contributed by atoms with Gasteiger partial charge in [0, 0.05) is 13.6 Å². The lowest BCUT2D eigenvalue weighted by Crippen LogP contribution is -2.56. The minimum atomic E-state index is -0.774.